The van der Waals surface area contributed by atoms with Crippen molar-refractivity contribution in [2.24, 2.45) is 0 Å². The van der Waals surface area contributed by atoms with Gasteiger partial charge < -0.3 is 13.9 Å². The van der Waals surface area contributed by atoms with Crippen LogP contribution in [-0.2, 0) is 0 Å². The summed E-state index contributed by atoms with van der Waals surface area (Å²) in [5.41, 5.74) is 15.5. The Morgan fingerprint density at radius 2 is 0.895 bits per heavy atom. The second-order valence-electron chi connectivity index (χ2n) is 14.5. The molecule has 2 heterocycles. The predicted molar refractivity (Wildman–Crippen MR) is 239 cm³/mol. The molecule has 0 spiro atoms. The third-order valence-corrected chi connectivity index (χ3v) is 11.2. The van der Waals surface area contributed by atoms with Gasteiger partial charge in [0.1, 0.15) is 11.2 Å². The molecule has 0 aliphatic carbocycles. The van der Waals surface area contributed by atoms with E-state index in [0.29, 0.717) is 0 Å². The Hall–Kier alpha value is -7.62. The molecular formula is C54H36N2O. The van der Waals surface area contributed by atoms with Crippen molar-refractivity contribution in [3.05, 3.63) is 218 Å². The molecule has 11 rings (SSSR count). The number of para-hydroxylation sites is 4. The van der Waals surface area contributed by atoms with Crippen LogP contribution in [0.1, 0.15) is 0 Å². The standard InChI is InChI=1S/C54H36N2O/c1-2-14-37(15-3-1)38-28-30-39(31-29-38)40-16-12-17-43(36-40)55(41-32-34-42(35-33-41)56-50-24-9-4-18-44(50)45-19-5-10-25-51(45)56)49-23-8-6-20-46(49)47-22-13-27-53-54(47)48-21-7-11-26-52(48)57-53/h1-36H. The van der Waals surface area contributed by atoms with Crippen LogP contribution in [0.25, 0.3) is 82.8 Å². The molecule has 0 aliphatic heterocycles. The summed E-state index contributed by atoms with van der Waals surface area (Å²) in [6, 6.07) is 78.1. The molecule has 0 radical (unpaired) electrons. The second kappa shape index (κ2) is 13.6. The van der Waals surface area contributed by atoms with Gasteiger partial charge in [-0.25, -0.2) is 0 Å². The molecule has 11 aromatic rings. The topological polar surface area (TPSA) is 21.3 Å². The smallest absolute Gasteiger partial charge is 0.136 e. The molecule has 0 N–H and O–H groups in total. The Kier molecular flexibility index (Phi) is 7.82. The van der Waals surface area contributed by atoms with Crippen LogP contribution >= 0.6 is 0 Å². The molecule has 0 bridgehead atoms. The number of fused-ring (bicyclic) bond motifs is 6. The van der Waals surface area contributed by atoms with Crippen molar-refractivity contribution in [3.8, 4) is 39.1 Å². The first-order valence-corrected chi connectivity index (χ1v) is 19.4. The normalized spacial score (nSPS) is 11.5. The molecule has 9 aromatic carbocycles. The molecule has 0 aliphatic rings. The zero-order valence-corrected chi connectivity index (χ0v) is 31.1. The average molecular weight is 729 g/mol. The van der Waals surface area contributed by atoms with Crippen LogP contribution in [0.2, 0.25) is 0 Å². The highest BCUT2D eigenvalue weighted by atomic mass is 16.3. The minimum absolute atomic E-state index is 0.881. The van der Waals surface area contributed by atoms with E-state index in [4.69, 9.17) is 4.42 Å². The van der Waals surface area contributed by atoms with Crippen molar-refractivity contribution in [3.63, 3.8) is 0 Å². The van der Waals surface area contributed by atoms with Crippen molar-refractivity contribution in [2.45, 2.75) is 0 Å². The van der Waals surface area contributed by atoms with Crippen molar-refractivity contribution >= 4 is 60.8 Å². The van der Waals surface area contributed by atoms with E-state index in [9.17, 15) is 0 Å². The van der Waals surface area contributed by atoms with Crippen LogP contribution in [0.5, 0.6) is 0 Å². The highest BCUT2D eigenvalue weighted by Crippen LogP contribution is 2.45. The number of furan rings is 1. The van der Waals surface area contributed by atoms with Crippen molar-refractivity contribution in [1.82, 2.24) is 4.57 Å². The van der Waals surface area contributed by atoms with Crippen LogP contribution in [0.4, 0.5) is 17.1 Å². The van der Waals surface area contributed by atoms with Crippen molar-refractivity contribution < 1.29 is 4.42 Å². The van der Waals surface area contributed by atoms with E-state index in [1.807, 2.05) is 12.1 Å². The van der Waals surface area contributed by atoms with Gasteiger partial charge in [-0.15, -0.1) is 0 Å². The molecule has 0 saturated carbocycles. The summed E-state index contributed by atoms with van der Waals surface area (Å²) in [6.45, 7) is 0. The molecule has 2 aromatic heterocycles. The lowest BCUT2D eigenvalue weighted by Crippen LogP contribution is -2.11. The molecular weight excluding hydrogens is 693 g/mol. The average Bonchev–Trinajstić information content (AvgIpc) is 3.84. The number of anilines is 3. The van der Waals surface area contributed by atoms with Gasteiger partial charge >= 0.3 is 0 Å². The fourth-order valence-electron chi connectivity index (χ4n) is 8.58. The summed E-state index contributed by atoms with van der Waals surface area (Å²) in [7, 11) is 0. The second-order valence-corrected chi connectivity index (χ2v) is 14.5. The number of benzene rings is 9. The molecule has 3 nitrogen and oxygen atoms in total. The van der Waals surface area contributed by atoms with Gasteiger partial charge in [-0.05, 0) is 94.5 Å². The number of hydrogen-bond acceptors (Lipinski definition) is 2. The highest BCUT2D eigenvalue weighted by molar-refractivity contribution is 6.14. The SMILES string of the molecule is c1ccc(-c2ccc(-c3cccc(N(c4ccc(-n5c6ccccc6c6ccccc65)cc4)c4ccccc4-c4cccc5oc6ccccc6c45)c3)cc2)cc1. The van der Waals surface area contributed by atoms with Crippen molar-refractivity contribution in [1.29, 1.82) is 0 Å². The van der Waals surface area contributed by atoms with Gasteiger partial charge in [-0.3, -0.25) is 0 Å². The lowest BCUT2D eigenvalue weighted by molar-refractivity contribution is 0.669. The number of rotatable bonds is 7. The van der Waals surface area contributed by atoms with Gasteiger partial charge in [0.15, 0.2) is 0 Å². The Morgan fingerprint density at radius 1 is 0.351 bits per heavy atom. The molecule has 268 valence electrons. The van der Waals surface area contributed by atoms with Crippen LogP contribution in [0.15, 0.2) is 223 Å². The predicted octanol–water partition coefficient (Wildman–Crippen LogP) is 15.2. The highest BCUT2D eigenvalue weighted by Gasteiger charge is 2.21. The monoisotopic (exact) mass is 728 g/mol. The minimum Gasteiger partial charge on any atom is -0.456 e. The fourth-order valence-corrected chi connectivity index (χ4v) is 8.58. The maximum atomic E-state index is 6.38. The van der Waals surface area contributed by atoms with Crippen LogP contribution < -0.4 is 4.90 Å². The summed E-state index contributed by atoms with van der Waals surface area (Å²) in [5.74, 6) is 0. The molecule has 0 atom stereocenters. The van der Waals surface area contributed by atoms with Gasteiger partial charge in [0, 0.05) is 44.2 Å². The van der Waals surface area contributed by atoms with Crippen LogP contribution in [-0.4, -0.2) is 4.57 Å². The number of hydrogen-bond donors (Lipinski definition) is 0. The summed E-state index contributed by atoms with van der Waals surface area (Å²) >= 11 is 0. The van der Waals surface area contributed by atoms with Crippen LogP contribution in [0.3, 0.4) is 0 Å². The summed E-state index contributed by atoms with van der Waals surface area (Å²) in [4.78, 5) is 2.40. The van der Waals surface area contributed by atoms with Gasteiger partial charge in [0.2, 0.25) is 0 Å². The molecule has 0 fully saturated rings. The van der Waals surface area contributed by atoms with E-state index in [2.05, 4.69) is 216 Å². The Morgan fingerprint density at radius 3 is 1.65 bits per heavy atom. The van der Waals surface area contributed by atoms with E-state index in [0.717, 1.165) is 61.4 Å². The first kappa shape index (κ1) is 32.8. The third kappa shape index (κ3) is 5.60. The Balaban J connectivity index is 1.08. The lowest BCUT2D eigenvalue weighted by atomic mass is 9.96. The molecule has 0 saturated heterocycles. The van der Waals surface area contributed by atoms with E-state index < -0.39 is 0 Å². The molecule has 3 heteroatoms. The van der Waals surface area contributed by atoms with E-state index in [-0.39, 0.29) is 0 Å². The van der Waals surface area contributed by atoms with Crippen LogP contribution in [0, 0.1) is 0 Å². The Labute approximate surface area is 330 Å². The first-order chi connectivity index (χ1) is 28.3. The van der Waals surface area contributed by atoms with E-state index >= 15 is 0 Å². The first-order valence-electron chi connectivity index (χ1n) is 19.4. The molecule has 0 amide bonds. The zero-order chi connectivity index (χ0) is 37.7. The third-order valence-electron chi connectivity index (χ3n) is 11.2. The maximum absolute atomic E-state index is 6.38. The van der Waals surface area contributed by atoms with Gasteiger partial charge in [0.05, 0.1) is 16.7 Å². The summed E-state index contributed by atoms with van der Waals surface area (Å²) in [5, 5.41) is 4.74. The minimum atomic E-state index is 0.881. The molecule has 0 unspecified atom stereocenters. The van der Waals surface area contributed by atoms with Crippen molar-refractivity contribution in [2.75, 3.05) is 4.90 Å². The molecule has 57 heavy (non-hydrogen) atoms. The van der Waals surface area contributed by atoms with Gasteiger partial charge in [-0.1, -0.05) is 152 Å². The maximum Gasteiger partial charge on any atom is 0.136 e. The summed E-state index contributed by atoms with van der Waals surface area (Å²) in [6.07, 6.45) is 0. The van der Waals surface area contributed by atoms with Gasteiger partial charge in [0.25, 0.3) is 0 Å². The quantitative estimate of drug-likeness (QED) is 0.163. The fraction of sp³-hybridized carbons (Fsp3) is 0. The number of aromatic nitrogens is 1. The van der Waals surface area contributed by atoms with E-state index in [1.165, 1.54) is 38.5 Å². The lowest BCUT2D eigenvalue weighted by Gasteiger charge is -2.28. The number of nitrogens with zero attached hydrogens (tertiary/aromatic N) is 2. The van der Waals surface area contributed by atoms with E-state index in [1.54, 1.807) is 0 Å². The zero-order valence-electron chi connectivity index (χ0n) is 31.1. The van der Waals surface area contributed by atoms with Gasteiger partial charge in [-0.2, -0.15) is 0 Å². The largest absolute Gasteiger partial charge is 0.456 e. The Bertz CT molecular complexity index is 3170. The summed E-state index contributed by atoms with van der Waals surface area (Å²) < 4.78 is 8.75.